The summed E-state index contributed by atoms with van der Waals surface area (Å²) >= 11 is 0. The van der Waals surface area contributed by atoms with Gasteiger partial charge in [0.25, 0.3) is 0 Å². The fourth-order valence-corrected chi connectivity index (χ4v) is 1.57. The van der Waals surface area contributed by atoms with Crippen molar-refractivity contribution in [2.45, 2.75) is 20.3 Å². The molecule has 0 fully saturated rings. The molecule has 0 radical (unpaired) electrons. The molecule has 3 nitrogen and oxygen atoms in total. The zero-order chi connectivity index (χ0) is 13.0. The number of hydrogen-bond donors (Lipinski definition) is 0. The average molecular weight is 246 g/mol. The van der Waals surface area contributed by atoms with E-state index in [0.29, 0.717) is 18.1 Å². The van der Waals surface area contributed by atoms with Gasteiger partial charge in [0.2, 0.25) is 0 Å². The van der Waals surface area contributed by atoms with Crippen LogP contribution in [0.25, 0.3) is 11.3 Å². The summed E-state index contributed by atoms with van der Waals surface area (Å²) in [6, 6.07) is 4.45. The molecule has 0 bridgehead atoms. The lowest BCUT2D eigenvalue weighted by atomic mass is 10.1. The highest BCUT2D eigenvalue weighted by Gasteiger charge is 2.09. The minimum Gasteiger partial charge on any atom is -0.493 e. The third-order valence-corrected chi connectivity index (χ3v) is 2.46. The van der Waals surface area contributed by atoms with Crippen molar-refractivity contribution in [3.63, 3.8) is 0 Å². The summed E-state index contributed by atoms with van der Waals surface area (Å²) in [5, 5.41) is 0. The normalized spacial score (nSPS) is 10.4. The van der Waals surface area contributed by atoms with Crippen molar-refractivity contribution in [3.8, 4) is 17.0 Å². The highest BCUT2D eigenvalue weighted by atomic mass is 19.1. The molecule has 0 saturated carbocycles. The van der Waals surface area contributed by atoms with Gasteiger partial charge >= 0.3 is 0 Å². The number of halogens is 1. The van der Waals surface area contributed by atoms with Crippen LogP contribution in [0.4, 0.5) is 4.39 Å². The number of nitrogens with zero attached hydrogens (tertiary/aromatic N) is 2. The van der Waals surface area contributed by atoms with E-state index in [4.69, 9.17) is 4.74 Å². The van der Waals surface area contributed by atoms with E-state index in [0.717, 1.165) is 17.7 Å². The van der Waals surface area contributed by atoms with Crippen LogP contribution in [-0.4, -0.2) is 16.6 Å². The Labute approximate surface area is 106 Å². The van der Waals surface area contributed by atoms with E-state index in [1.54, 1.807) is 18.5 Å². The SMILES string of the molecule is CCCOc1cc(F)ccc1-c1cnc(C)cn1. The molecule has 0 atom stereocenters. The van der Waals surface area contributed by atoms with Crippen molar-refractivity contribution in [1.29, 1.82) is 0 Å². The van der Waals surface area contributed by atoms with Crippen LogP contribution in [0.1, 0.15) is 19.0 Å². The number of hydrogen-bond acceptors (Lipinski definition) is 3. The first-order chi connectivity index (χ1) is 8.70. The molecule has 0 N–H and O–H groups in total. The molecule has 0 amide bonds. The first-order valence-electron chi connectivity index (χ1n) is 5.92. The zero-order valence-corrected chi connectivity index (χ0v) is 10.5. The highest BCUT2D eigenvalue weighted by molar-refractivity contribution is 5.66. The number of aryl methyl sites for hydroxylation is 1. The minimum absolute atomic E-state index is 0.315. The lowest BCUT2D eigenvalue weighted by molar-refractivity contribution is 0.317. The fourth-order valence-electron chi connectivity index (χ4n) is 1.57. The van der Waals surface area contributed by atoms with Gasteiger partial charge in [-0.1, -0.05) is 6.92 Å². The van der Waals surface area contributed by atoms with Crippen LogP contribution in [-0.2, 0) is 0 Å². The quantitative estimate of drug-likeness (QED) is 0.829. The van der Waals surface area contributed by atoms with Crippen molar-refractivity contribution in [3.05, 3.63) is 42.1 Å². The summed E-state index contributed by atoms with van der Waals surface area (Å²) in [6.45, 7) is 4.43. The molecular weight excluding hydrogens is 231 g/mol. The fraction of sp³-hybridized carbons (Fsp3) is 0.286. The Kier molecular flexibility index (Phi) is 3.87. The van der Waals surface area contributed by atoms with Gasteiger partial charge in [0, 0.05) is 17.8 Å². The molecule has 1 heterocycles. The van der Waals surface area contributed by atoms with Crippen molar-refractivity contribution < 1.29 is 9.13 Å². The second-order valence-corrected chi connectivity index (χ2v) is 4.03. The number of ether oxygens (including phenoxy) is 1. The van der Waals surface area contributed by atoms with Gasteiger partial charge < -0.3 is 4.74 Å². The van der Waals surface area contributed by atoms with E-state index in [-0.39, 0.29) is 5.82 Å². The van der Waals surface area contributed by atoms with Crippen LogP contribution in [0, 0.1) is 12.7 Å². The van der Waals surface area contributed by atoms with Gasteiger partial charge in [-0.25, -0.2) is 4.39 Å². The van der Waals surface area contributed by atoms with E-state index in [1.165, 1.54) is 12.1 Å². The van der Waals surface area contributed by atoms with E-state index in [9.17, 15) is 4.39 Å². The minimum atomic E-state index is -0.315. The maximum atomic E-state index is 13.2. The maximum absolute atomic E-state index is 13.2. The molecule has 94 valence electrons. The van der Waals surface area contributed by atoms with Gasteiger partial charge in [0.05, 0.1) is 24.2 Å². The molecule has 2 rings (SSSR count). The number of aromatic nitrogens is 2. The second kappa shape index (κ2) is 5.58. The number of rotatable bonds is 4. The van der Waals surface area contributed by atoms with Gasteiger partial charge in [-0.3, -0.25) is 9.97 Å². The topological polar surface area (TPSA) is 35.0 Å². The van der Waals surface area contributed by atoms with Crippen molar-refractivity contribution >= 4 is 0 Å². The number of benzene rings is 1. The summed E-state index contributed by atoms with van der Waals surface area (Å²) in [6.07, 6.45) is 4.22. The molecule has 0 aliphatic carbocycles. The zero-order valence-electron chi connectivity index (χ0n) is 10.5. The summed E-state index contributed by atoms with van der Waals surface area (Å²) in [7, 11) is 0. The van der Waals surface area contributed by atoms with Crippen LogP contribution in [0.3, 0.4) is 0 Å². The summed E-state index contributed by atoms with van der Waals surface area (Å²) in [4.78, 5) is 8.47. The molecule has 0 aliphatic rings. The summed E-state index contributed by atoms with van der Waals surface area (Å²) in [5.74, 6) is 0.194. The second-order valence-electron chi connectivity index (χ2n) is 4.03. The van der Waals surface area contributed by atoms with Crippen molar-refractivity contribution in [1.82, 2.24) is 9.97 Å². The Morgan fingerprint density at radius 1 is 1.22 bits per heavy atom. The van der Waals surface area contributed by atoms with E-state index in [2.05, 4.69) is 9.97 Å². The smallest absolute Gasteiger partial charge is 0.131 e. The van der Waals surface area contributed by atoms with Crippen LogP contribution < -0.4 is 4.74 Å². The molecule has 1 aromatic heterocycles. The maximum Gasteiger partial charge on any atom is 0.131 e. The largest absolute Gasteiger partial charge is 0.493 e. The predicted octanol–water partition coefficient (Wildman–Crippen LogP) is 3.38. The molecule has 0 aliphatic heterocycles. The standard InChI is InChI=1S/C14H15FN2O/c1-3-6-18-14-7-11(15)4-5-12(14)13-9-16-10(2)8-17-13/h4-5,7-9H,3,6H2,1-2H3. The van der Waals surface area contributed by atoms with E-state index < -0.39 is 0 Å². The lowest BCUT2D eigenvalue weighted by Crippen LogP contribution is -1.98. The average Bonchev–Trinajstić information content (AvgIpc) is 2.38. The Morgan fingerprint density at radius 3 is 2.72 bits per heavy atom. The van der Waals surface area contributed by atoms with Gasteiger partial charge in [-0.2, -0.15) is 0 Å². The molecule has 1 aromatic carbocycles. The Balaban J connectivity index is 2.39. The molecule has 0 spiro atoms. The van der Waals surface area contributed by atoms with Crippen LogP contribution in [0.15, 0.2) is 30.6 Å². The predicted molar refractivity (Wildman–Crippen MR) is 67.9 cm³/mol. The monoisotopic (exact) mass is 246 g/mol. The van der Waals surface area contributed by atoms with Gasteiger partial charge in [0.1, 0.15) is 11.6 Å². The van der Waals surface area contributed by atoms with Crippen molar-refractivity contribution in [2.24, 2.45) is 0 Å². The van der Waals surface area contributed by atoms with Gasteiger partial charge in [0.15, 0.2) is 0 Å². The van der Waals surface area contributed by atoms with Gasteiger partial charge in [-0.05, 0) is 25.5 Å². The van der Waals surface area contributed by atoms with E-state index in [1.807, 2.05) is 13.8 Å². The first-order valence-corrected chi connectivity index (χ1v) is 5.92. The molecular formula is C14H15FN2O. The third kappa shape index (κ3) is 2.83. The van der Waals surface area contributed by atoms with Crippen LogP contribution in [0.2, 0.25) is 0 Å². The summed E-state index contributed by atoms with van der Waals surface area (Å²) < 4.78 is 18.8. The molecule has 4 heteroatoms. The van der Waals surface area contributed by atoms with Gasteiger partial charge in [-0.15, -0.1) is 0 Å². The summed E-state index contributed by atoms with van der Waals surface area (Å²) in [5.41, 5.74) is 2.29. The molecule has 2 aromatic rings. The van der Waals surface area contributed by atoms with E-state index >= 15 is 0 Å². The third-order valence-electron chi connectivity index (χ3n) is 2.46. The first kappa shape index (κ1) is 12.5. The Bertz CT molecular complexity index is 526. The highest BCUT2D eigenvalue weighted by Crippen LogP contribution is 2.29. The molecule has 0 unspecified atom stereocenters. The Morgan fingerprint density at radius 2 is 2.06 bits per heavy atom. The van der Waals surface area contributed by atoms with Crippen LogP contribution >= 0.6 is 0 Å². The molecule has 0 saturated heterocycles. The lowest BCUT2D eigenvalue weighted by Gasteiger charge is -2.10. The van der Waals surface area contributed by atoms with Crippen LogP contribution in [0.5, 0.6) is 5.75 Å². The molecule has 18 heavy (non-hydrogen) atoms. The Hall–Kier alpha value is -1.97. The van der Waals surface area contributed by atoms with Crippen molar-refractivity contribution in [2.75, 3.05) is 6.61 Å².